The zero-order valence-electron chi connectivity index (χ0n) is 14.6. The summed E-state index contributed by atoms with van der Waals surface area (Å²) in [4.78, 5) is 14.2. The smallest absolute Gasteiger partial charge is 0.260 e. The van der Waals surface area contributed by atoms with Gasteiger partial charge in [-0.15, -0.1) is 0 Å². The maximum atomic E-state index is 12.4. The van der Waals surface area contributed by atoms with Crippen LogP contribution in [0.2, 0.25) is 0 Å². The summed E-state index contributed by atoms with van der Waals surface area (Å²) >= 11 is 0. The lowest BCUT2D eigenvalue weighted by Gasteiger charge is -2.32. The highest BCUT2D eigenvalue weighted by Crippen LogP contribution is 2.28. The zero-order chi connectivity index (χ0) is 17.6. The molecule has 3 rings (SSSR count). The number of benzene rings is 1. The summed E-state index contributed by atoms with van der Waals surface area (Å²) in [5, 5.41) is 13.4. The van der Waals surface area contributed by atoms with Crippen LogP contribution in [0.25, 0.3) is 0 Å². The average Bonchev–Trinajstić information content (AvgIpc) is 3.08. The minimum atomic E-state index is 0.0313. The molecule has 1 aromatic heterocycles. The second-order valence-electron chi connectivity index (χ2n) is 6.46. The van der Waals surface area contributed by atoms with E-state index in [2.05, 4.69) is 5.10 Å². The lowest BCUT2D eigenvalue weighted by Crippen LogP contribution is -2.40. The predicted octanol–water partition coefficient (Wildman–Crippen LogP) is 1.97. The van der Waals surface area contributed by atoms with Crippen LogP contribution in [-0.2, 0) is 11.3 Å². The highest BCUT2D eigenvalue weighted by molar-refractivity contribution is 5.77. The van der Waals surface area contributed by atoms with Crippen molar-refractivity contribution in [1.82, 2.24) is 14.7 Å². The van der Waals surface area contributed by atoms with Gasteiger partial charge >= 0.3 is 0 Å². The number of aliphatic hydroxyl groups excluding tert-OH is 1. The first kappa shape index (κ1) is 17.5. The summed E-state index contributed by atoms with van der Waals surface area (Å²) < 4.78 is 7.48. The molecule has 1 fully saturated rings. The fourth-order valence-corrected chi connectivity index (χ4v) is 3.34. The van der Waals surface area contributed by atoms with Gasteiger partial charge in [-0.3, -0.25) is 9.48 Å². The first-order valence-corrected chi connectivity index (χ1v) is 8.77. The number of piperidine rings is 1. The Labute approximate surface area is 148 Å². The third-order valence-corrected chi connectivity index (χ3v) is 4.68. The number of carbonyl (C=O) groups is 1. The maximum Gasteiger partial charge on any atom is 0.260 e. The van der Waals surface area contributed by atoms with Crippen LogP contribution in [0.3, 0.4) is 0 Å². The molecule has 0 saturated carbocycles. The Morgan fingerprint density at radius 3 is 2.84 bits per heavy atom. The largest absolute Gasteiger partial charge is 0.484 e. The number of ether oxygens (including phenoxy) is 1. The first-order chi connectivity index (χ1) is 12.2. The molecule has 25 heavy (non-hydrogen) atoms. The van der Waals surface area contributed by atoms with E-state index in [0.29, 0.717) is 12.5 Å². The van der Waals surface area contributed by atoms with Gasteiger partial charge in [-0.05, 0) is 43.5 Å². The Morgan fingerprint density at radius 1 is 1.32 bits per heavy atom. The van der Waals surface area contributed by atoms with Crippen LogP contribution >= 0.6 is 0 Å². The van der Waals surface area contributed by atoms with Crippen molar-refractivity contribution in [1.29, 1.82) is 0 Å². The molecule has 1 N–H and O–H groups in total. The van der Waals surface area contributed by atoms with Crippen LogP contribution in [0.5, 0.6) is 5.75 Å². The Bertz CT molecular complexity index is 705. The van der Waals surface area contributed by atoms with Crippen molar-refractivity contribution in [2.75, 3.05) is 26.3 Å². The van der Waals surface area contributed by atoms with Crippen molar-refractivity contribution in [3.05, 3.63) is 47.8 Å². The molecule has 2 aromatic rings. The second-order valence-corrected chi connectivity index (χ2v) is 6.46. The number of aryl methyl sites for hydroxylation is 1. The van der Waals surface area contributed by atoms with E-state index in [-0.39, 0.29) is 19.1 Å². The van der Waals surface area contributed by atoms with Crippen LogP contribution in [0.1, 0.15) is 30.0 Å². The van der Waals surface area contributed by atoms with E-state index in [1.54, 1.807) is 6.20 Å². The van der Waals surface area contributed by atoms with Gasteiger partial charge in [0.05, 0.1) is 13.2 Å². The fourth-order valence-electron chi connectivity index (χ4n) is 3.34. The Hall–Kier alpha value is -2.34. The normalized spacial score (nSPS) is 15.4. The summed E-state index contributed by atoms with van der Waals surface area (Å²) in [5.74, 6) is 1.15. The average molecular weight is 343 g/mol. The summed E-state index contributed by atoms with van der Waals surface area (Å²) in [6, 6.07) is 9.74. The number of hydrogen-bond donors (Lipinski definition) is 1. The highest BCUT2D eigenvalue weighted by atomic mass is 16.5. The predicted molar refractivity (Wildman–Crippen MR) is 94.5 cm³/mol. The maximum absolute atomic E-state index is 12.4. The molecule has 134 valence electrons. The molecule has 6 nitrogen and oxygen atoms in total. The number of aromatic nitrogens is 2. The summed E-state index contributed by atoms with van der Waals surface area (Å²) in [7, 11) is 0. The van der Waals surface area contributed by atoms with Crippen molar-refractivity contribution >= 4 is 5.91 Å². The van der Waals surface area contributed by atoms with E-state index in [1.807, 2.05) is 46.8 Å². The van der Waals surface area contributed by atoms with E-state index in [9.17, 15) is 4.79 Å². The van der Waals surface area contributed by atoms with Crippen LogP contribution in [0, 0.1) is 6.92 Å². The SMILES string of the molecule is Cc1cccc(OCC(=O)N2CCC(c3ccnn3CCO)CC2)c1. The van der Waals surface area contributed by atoms with Gasteiger partial charge in [0.1, 0.15) is 5.75 Å². The van der Waals surface area contributed by atoms with Crippen LogP contribution < -0.4 is 4.74 Å². The highest BCUT2D eigenvalue weighted by Gasteiger charge is 2.25. The molecule has 0 atom stereocenters. The van der Waals surface area contributed by atoms with Crippen molar-refractivity contribution in [2.45, 2.75) is 32.2 Å². The number of carbonyl (C=O) groups excluding carboxylic acids is 1. The van der Waals surface area contributed by atoms with Gasteiger partial charge in [-0.2, -0.15) is 5.10 Å². The van der Waals surface area contributed by atoms with E-state index in [0.717, 1.165) is 42.9 Å². The number of rotatable bonds is 6. The van der Waals surface area contributed by atoms with Gasteiger partial charge in [-0.25, -0.2) is 0 Å². The zero-order valence-corrected chi connectivity index (χ0v) is 14.6. The second kappa shape index (κ2) is 8.16. The number of aliphatic hydroxyl groups is 1. The van der Waals surface area contributed by atoms with Crippen molar-refractivity contribution < 1.29 is 14.6 Å². The molecule has 1 aromatic carbocycles. The summed E-state index contributed by atoms with van der Waals surface area (Å²) in [6.07, 6.45) is 3.60. The molecule has 1 aliphatic heterocycles. The number of nitrogens with zero attached hydrogens (tertiary/aromatic N) is 3. The minimum Gasteiger partial charge on any atom is -0.484 e. The van der Waals surface area contributed by atoms with E-state index in [1.165, 1.54) is 0 Å². The van der Waals surface area contributed by atoms with Crippen LogP contribution in [-0.4, -0.2) is 52.0 Å². The molecular weight excluding hydrogens is 318 g/mol. The molecule has 1 saturated heterocycles. The van der Waals surface area contributed by atoms with E-state index < -0.39 is 0 Å². The van der Waals surface area contributed by atoms with Crippen molar-refractivity contribution in [3.8, 4) is 5.75 Å². The molecule has 6 heteroatoms. The third kappa shape index (κ3) is 4.39. The van der Waals surface area contributed by atoms with Gasteiger partial charge in [-0.1, -0.05) is 12.1 Å². The topological polar surface area (TPSA) is 67.6 Å². The Balaban J connectivity index is 1.50. The summed E-state index contributed by atoms with van der Waals surface area (Å²) in [5.41, 5.74) is 2.27. The van der Waals surface area contributed by atoms with Crippen molar-refractivity contribution in [2.24, 2.45) is 0 Å². The van der Waals surface area contributed by atoms with Crippen molar-refractivity contribution in [3.63, 3.8) is 0 Å². The molecule has 0 bridgehead atoms. The molecule has 0 radical (unpaired) electrons. The van der Waals surface area contributed by atoms with Crippen LogP contribution in [0.15, 0.2) is 36.5 Å². The third-order valence-electron chi connectivity index (χ3n) is 4.68. The molecule has 0 spiro atoms. The lowest BCUT2D eigenvalue weighted by molar-refractivity contribution is -0.134. The molecular formula is C19H25N3O3. The lowest BCUT2D eigenvalue weighted by atomic mass is 9.93. The Kier molecular flexibility index (Phi) is 5.71. The quantitative estimate of drug-likeness (QED) is 0.871. The summed E-state index contributed by atoms with van der Waals surface area (Å²) in [6.45, 7) is 4.14. The van der Waals surface area contributed by atoms with Gasteiger partial charge < -0.3 is 14.7 Å². The van der Waals surface area contributed by atoms with Gasteiger partial charge in [0.15, 0.2) is 6.61 Å². The number of amides is 1. The number of likely N-dealkylation sites (tertiary alicyclic amines) is 1. The monoisotopic (exact) mass is 343 g/mol. The Morgan fingerprint density at radius 2 is 2.12 bits per heavy atom. The number of hydrogen-bond acceptors (Lipinski definition) is 4. The van der Waals surface area contributed by atoms with Gasteiger partial charge in [0.25, 0.3) is 5.91 Å². The van der Waals surface area contributed by atoms with E-state index in [4.69, 9.17) is 9.84 Å². The molecule has 2 heterocycles. The fraction of sp³-hybridized carbons (Fsp3) is 0.474. The molecule has 0 aliphatic carbocycles. The van der Waals surface area contributed by atoms with E-state index >= 15 is 0 Å². The van der Waals surface area contributed by atoms with Crippen LogP contribution in [0.4, 0.5) is 0 Å². The molecule has 1 amide bonds. The standard InChI is InChI=1S/C19H25N3O3/c1-15-3-2-4-17(13-15)25-14-19(24)21-9-6-16(7-10-21)18-5-8-20-22(18)11-12-23/h2-5,8,13,16,23H,6-7,9-12,14H2,1H3. The first-order valence-electron chi connectivity index (χ1n) is 8.77. The van der Waals surface area contributed by atoms with Gasteiger partial charge in [0.2, 0.25) is 0 Å². The minimum absolute atomic E-state index is 0.0313. The molecule has 0 unspecified atom stereocenters. The molecule has 1 aliphatic rings. The van der Waals surface area contributed by atoms with Gasteiger partial charge in [0, 0.05) is 30.9 Å².